The van der Waals surface area contributed by atoms with Gasteiger partial charge in [0.25, 0.3) is 5.91 Å². The Kier molecular flexibility index (Phi) is 7.41. The molecule has 2 rings (SSSR count). The third-order valence-electron chi connectivity index (χ3n) is 3.88. The van der Waals surface area contributed by atoms with E-state index in [0.29, 0.717) is 18.1 Å². The number of carbonyl (C=O) groups excluding carboxylic acids is 2. The van der Waals surface area contributed by atoms with Gasteiger partial charge in [0.1, 0.15) is 0 Å². The minimum absolute atomic E-state index is 0.000902. The minimum atomic E-state index is -1.47. The van der Waals surface area contributed by atoms with Crippen LogP contribution in [0.5, 0.6) is 23.0 Å². The van der Waals surface area contributed by atoms with E-state index in [2.05, 4.69) is 10.5 Å². The highest BCUT2D eigenvalue weighted by Crippen LogP contribution is 2.32. The fourth-order valence-electron chi connectivity index (χ4n) is 2.57. The van der Waals surface area contributed by atoms with E-state index in [4.69, 9.17) is 18.9 Å². The van der Waals surface area contributed by atoms with Gasteiger partial charge < -0.3 is 28.8 Å². The van der Waals surface area contributed by atoms with Crippen molar-refractivity contribution in [3.05, 3.63) is 47.0 Å². The van der Waals surface area contributed by atoms with Crippen LogP contribution in [0, 0.1) is 0 Å². The van der Waals surface area contributed by atoms with E-state index in [1.54, 1.807) is 12.1 Å². The minimum Gasteiger partial charge on any atom is -0.545 e. The molecule has 154 valence electrons. The molecule has 9 nitrogen and oxygen atoms in total. The van der Waals surface area contributed by atoms with E-state index in [1.807, 2.05) is 6.92 Å². The van der Waals surface area contributed by atoms with E-state index < -0.39 is 11.9 Å². The number of benzene rings is 2. The lowest BCUT2D eigenvalue weighted by atomic mass is 10.1. The summed E-state index contributed by atoms with van der Waals surface area (Å²) in [5, 5.41) is 15.3. The van der Waals surface area contributed by atoms with Crippen LogP contribution < -0.4 is 29.5 Å². The molecule has 0 saturated carbocycles. The number of aromatic carboxylic acids is 1. The van der Waals surface area contributed by atoms with Crippen LogP contribution >= 0.6 is 0 Å². The molecule has 2 aromatic rings. The summed E-state index contributed by atoms with van der Waals surface area (Å²) in [6, 6.07) is 7.66. The number of nitrogens with zero attached hydrogens (tertiary/aromatic N) is 1. The molecule has 1 N–H and O–H groups in total. The third-order valence-corrected chi connectivity index (χ3v) is 3.88. The number of carboxylic acids is 1. The summed E-state index contributed by atoms with van der Waals surface area (Å²) < 4.78 is 20.8. The van der Waals surface area contributed by atoms with Crippen LogP contribution in [0.4, 0.5) is 0 Å². The maximum absolute atomic E-state index is 12.3. The van der Waals surface area contributed by atoms with Crippen LogP contribution in [-0.2, 0) is 0 Å². The lowest BCUT2D eigenvalue weighted by Gasteiger charge is -2.15. The molecular formula is C20H21N2O7-. The lowest BCUT2D eigenvalue weighted by Crippen LogP contribution is -2.25. The number of amides is 1. The van der Waals surface area contributed by atoms with Crippen molar-refractivity contribution in [2.24, 2.45) is 5.10 Å². The molecule has 0 heterocycles. The van der Waals surface area contributed by atoms with Crippen molar-refractivity contribution in [2.75, 3.05) is 27.9 Å². The van der Waals surface area contributed by atoms with E-state index in [1.165, 1.54) is 45.7 Å². The van der Waals surface area contributed by atoms with Crippen molar-refractivity contribution in [3.63, 3.8) is 0 Å². The van der Waals surface area contributed by atoms with Crippen LogP contribution in [0.2, 0.25) is 0 Å². The van der Waals surface area contributed by atoms with Gasteiger partial charge in [-0.2, -0.15) is 5.10 Å². The van der Waals surface area contributed by atoms with Gasteiger partial charge in [0.15, 0.2) is 23.0 Å². The second-order valence-corrected chi connectivity index (χ2v) is 5.55. The second-order valence-electron chi connectivity index (χ2n) is 5.55. The number of carboxylic acid groups (broad SMARTS) is 1. The van der Waals surface area contributed by atoms with E-state index in [9.17, 15) is 14.7 Å². The molecule has 9 heteroatoms. The third kappa shape index (κ3) is 4.95. The Hall–Kier alpha value is -3.75. The van der Waals surface area contributed by atoms with Gasteiger partial charge in [-0.15, -0.1) is 0 Å². The number of carbonyl (C=O) groups is 2. The standard InChI is InChI=1S/C20H22N2O7/c1-5-29-14-8-6-12(10-16(14)27-3)19(23)22-21-11-13-7-9-15(26-2)18(28-4)17(13)20(24)25/h6-11H,5H2,1-4H3,(H,22,23)(H,24,25)/p-1/b21-11-. The smallest absolute Gasteiger partial charge is 0.271 e. The van der Waals surface area contributed by atoms with Crippen molar-refractivity contribution in [1.82, 2.24) is 5.43 Å². The number of hydrogen-bond donors (Lipinski definition) is 1. The molecule has 0 aliphatic heterocycles. The van der Waals surface area contributed by atoms with Crippen molar-refractivity contribution in [3.8, 4) is 23.0 Å². The first-order valence-electron chi connectivity index (χ1n) is 8.57. The molecule has 1 amide bonds. The highest BCUT2D eigenvalue weighted by molar-refractivity contribution is 6.01. The first-order valence-corrected chi connectivity index (χ1v) is 8.57. The summed E-state index contributed by atoms with van der Waals surface area (Å²) in [4.78, 5) is 23.8. The van der Waals surface area contributed by atoms with Crippen LogP contribution in [0.25, 0.3) is 0 Å². The molecule has 0 saturated heterocycles. The zero-order valence-electron chi connectivity index (χ0n) is 16.5. The number of hydrogen-bond acceptors (Lipinski definition) is 8. The normalized spacial score (nSPS) is 10.5. The Morgan fingerprint density at radius 2 is 1.72 bits per heavy atom. The van der Waals surface area contributed by atoms with Gasteiger partial charge in [-0.3, -0.25) is 4.79 Å². The number of nitrogens with one attached hydrogen (secondary N) is 1. The van der Waals surface area contributed by atoms with Crippen LogP contribution in [0.15, 0.2) is 35.4 Å². The van der Waals surface area contributed by atoms with E-state index in [0.717, 1.165) is 0 Å². The summed E-state index contributed by atoms with van der Waals surface area (Å²) in [5.74, 6) is -0.835. The molecule has 2 aromatic carbocycles. The van der Waals surface area contributed by atoms with Crippen LogP contribution in [0.3, 0.4) is 0 Å². The Bertz CT molecular complexity index is 925. The molecule has 0 spiro atoms. The molecule has 0 aliphatic rings. The van der Waals surface area contributed by atoms with Crippen molar-refractivity contribution < 1.29 is 33.6 Å². The average molecular weight is 401 g/mol. The fraction of sp³-hybridized carbons (Fsp3) is 0.250. The monoisotopic (exact) mass is 401 g/mol. The summed E-state index contributed by atoms with van der Waals surface area (Å²) in [7, 11) is 4.17. The number of rotatable bonds is 9. The summed E-state index contributed by atoms with van der Waals surface area (Å²) in [6.45, 7) is 2.29. The number of ether oxygens (including phenoxy) is 4. The Morgan fingerprint density at radius 1 is 1.03 bits per heavy atom. The maximum Gasteiger partial charge on any atom is 0.271 e. The number of hydrazone groups is 1. The van der Waals surface area contributed by atoms with Crippen molar-refractivity contribution in [2.45, 2.75) is 6.92 Å². The van der Waals surface area contributed by atoms with Gasteiger partial charge in [-0.05, 0) is 37.3 Å². The SMILES string of the molecule is CCOc1ccc(C(=O)N/N=C\c2ccc(OC)c(OC)c2C(=O)[O-])cc1OC. The van der Waals surface area contributed by atoms with E-state index in [-0.39, 0.29) is 28.2 Å². The molecule has 0 aliphatic carbocycles. The van der Waals surface area contributed by atoms with Gasteiger partial charge in [-0.1, -0.05) is 0 Å². The molecule has 0 unspecified atom stereocenters. The molecule has 0 fully saturated rings. The molecule has 0 atom stereocenters. The van der Waals surface area contributed by atoms with Gasteiger partial charge in [0.2, 0.25) is 0 Å². The van der Waals surface area contributed by atoms with Crippen molar-refractivity contribution in [1.29, 1.82) is 0 Å². The first-order chi connectivity index (χ1) is 14.0. The quantitative estimate of drug-likeness (QED) is 0.496. The van der Waals surface area contributed by atoms with Gasteiger partial charge in [0.05, 0.1) is 45.7 Å². The zero-order chi connectivity index (χ0) is 21.4. The highest BCUT2D eigenvalue weighted by Gasteiger charge is 2.15. The summed E-state index contributed by atoms with van der Waals surface area (Å²) in [5.41, 5.74) is 2.55. The number of methoxy groups -OCH3 is 3. The molecule has 0 radical (unpaired) electrons. The maximum atomic E-state index is 12.3. The molecule has 29 heavy (non-hydrogen) atoms. The van der Waals surface area contributed by atoms with E-state index >= 15 is 0 Å². The predicted molar refractivity (Wildman–Crippen MR) is 103 cm³/mol. The first kappa shape index (κ1) is 21.5. The van der Waals surface area contributed by atoms with Crippen molar-refractivity contribution >= 4 is 18.1 Å². The molecule has 0 bridgehead atoms. The zero-order valence-corrected chi connectivity index (χ0v) is 16.5. The van der Waals surface area contributed by atoms with Gasteiger partial charge in [-0.25, -0.2) is 5.43 Å². The second kappa shape index (κ2) is 9.98. The summed E-state index contributed by atoms with van der Waals surface area (Å²) in [6.07, 6.45) is 1.18. The van der Waals surface area contributed by atoms with Crippen LogP contribution in [-0.4, -0.2) is 46.0 Å². The Morgan fingerprint density at radius 3 is 2.31 bits per heavy atom. The predicted octanol–water partition coefficient (Wildman–Crippen LogP) is 1.24. The van der Waals surface area contributed by atoms with Crippen LogP contribution in [0.1, 0.15) is 33.2 Å². The summed E-state index contributed by atoms with van der Waals surface area (Å²) >= 11 is 0. The topological polar surface area (TPSA) is 119 Å². The fourth-order valence-corrected chi connectivity index (χ4v) is 2.57. The Labute approximate surface area is 167 Å². The average Bonchev–Trinajstić information content (AvgIpc) is 2.73. The van der Waals surface area contributed by atoms with Gasteiger partial charge in [0, 0.05) is 11.1 Å². The molecule has 0 aromatic heterocycles. The Balaban J connectivity index is 2.23. The largest absolute Gasteiger partial charge is 0.545 e. The molecular weight excluding hydrogens is 380 g/mol. The van der Waals surface area contributed by atoms with Gasteiger partial charge >= 0.3 is 0 Å². The lowest BCUT2D eigenvalue weighted by molar-refractivity contribution is -0.255. The highest BCUT2D eigenvalue weighted by atomic mass is 16.5.